The predicted molar refractivity (Wildman–Crippen MR) is 214 cm³/mol. The van der Waals surface area contributed by atoms with Crippen molar-refractivity contribution in [1.82, 2.24) is 20.3 Å². The van der Waals surface area contributed by atoms with Gasteiger partial charge in [-0.15, -0.1) is 0 Å². The molecule has 1 saturated heterocycles. The third-order valence-corrected chi connectivity index (χ3v) is 9.37. The van der Waals surface area contributed by atoms with Crippen LogP contribution in [-0.2, 0) is 24.5 Å². The van der Waals surface area contributed by atoms with E-state index in [1.54, 1.807) is 4.90 Å². The van der Waals surface area contributed by atoms with E-state index in [1.165, 1.54) is 0 Å². The van der Waals surface area contributed by atoms with Gasteiger partial charge in [0.2, 0.25) is 0 Å². The highest BCUT2D eigenvalue weighted by Gasteiger charge is 2.29. The van der Waals surface area contributed by atoms with Gasteiger partial charge in [0.15, 0.2) is 11.5 Å². The van der Waals surface area contributed by atoms with Crippen molar-refractivity contribution in [3.05, 3.63) is 125 Å². The van der Waals surface area contributed by atoms with Gasteiger partial charge in [-0.05, 0) is 67.5 Å². The summed E-state index contributed by atoms with van der Waals surface area (Å²) in [6.07, 6.45) is -0.271. The number of hydrogen-bond acceptors (Lipinski definition) is 8. The van der Waals surface area contributed by atoms with Crippen molar-refractivity contribution < 1.29 is 28.3 Å². The number of rotatable bonds is 13. The molecule has 1 fully saturated rings. The van der Waals surface area contributed by atoms with Crippen molar-refractivity contribution in [2.75, 3.05) is 32.7 Å². The second-order valence-corrected chi connectivity index (χ2v) is 15.1. The summed E-state index contributed by atoms with van der Waals surface area (Å²) in [7, 11) is 0. The Kier molecular flexibility index (Phi) is 12.6. The van der Waals surface area contributed by atoms with Gasteiger partial charge in [0, 0.05) is 45.3 Å². The van der Waals surface area contributed by atoms with Crippen LogP contribution in [0.5, 0.6) is 11.5 Å². The molecule has 0 bridgehead atoms. The molecule has 55 heavy (non-hydrogen) atoms. The second kappa shape index (κ2) is 17.7. The van der Waals surface area contributed by atoms with Crippen LogP contribution in [0.15, 0.2) is 102 Å². The molecular weight excluding hydrogens is 693 g/mol. The molecule has 0 radical (unpaired) electrons. The van der Waals surface area contributed by atoms with E-state index in [1.807, 2.05) is 113 Å². The molecule has 1 aromatic heterocycles. The van der Waals surface area contributed by atoms with Crippen LogP contribution in [0.2, 0.25) is 0 Å². The van der Waals surface area contributed by atoms with Crippen LogP contribution in [0.25, 0.3) is 22.5 Å². The van der Waals surface area contributed by atoms with Gasteiger partial charge in [-0.25, -0.2) is 4.79 Å². The monoisotopic (exact) mass is 744 g/mol. The van der Waals surface area contributed by atoms with Gasteiger partial charge in [-0.3, -0.25) is 9.69 Å². The number of nitrogens with zero attached hydrogens (tertiary/aromatic N) is 3. The van der Waals surface area contributed by atoms with E-state index in [0.29, 0.717) is 61.2 Å². The first-order chi connectivity index (χ1) is 26.5. The third-order valence-electron chi connectivity index (χ3n) is 9.37. The Morgan fingerprint density at radius 2 is 1.40 bits per heavy atom. The maximum Gasteiger partial charge on any atom is 0.410 e. The first-order valence-electron chi connectivity index (χ1n) is 19.1. The van der Waals surface area contributed by atoms with Gasteiger partial charge in [-0.2, -0.15) is 0 Å². The Labute approximate surface area is 324 Å². The lowest BCUT2D eigenvalue weighted by molar-refractivity contribution is 0.0139. The SMILES string of the molecule is CCNC(=O)c1noc(-c2cc(C(C)C)c(OCc3ccccc3)cc2OCc2ccccc2)c1-c1ccc(CN2CCN(C(=O)OC(C)(C)C)CC2)cc1. The zero-order valence-electron chi connectivity index (χ0n) is 32.8. The molecular formula is C45H52N4O6. The summed E-state index contributed by atoms with van der Waals surface area (Å²) in [5.41, 5.74) is 5.89. The van der Waals surface area contributed by atoms with E-state index in [-0.39, 0.29) is 23.6 Å². The minimum Gasteiger partial charge on any atom is -0.488 e. The first kappa shape index (κ1) is 39.1. The lowest BCUT2D eigenvalue weighted by Gasteiger charge is -2.35. The van der Waals surface area contributed by atoms with E-state index in [2.05, 4.69) is 41.4 Å². The number of hydrogen-bond donors (Lipinski definition) is 1. The lowest BCUT2D eigenvalue weighted by Crippen LogP contribution is -2.49. The molecule has 4 aromatic carbocycles. The molecule has 2 heterocycles. The normalized spacial score (nSPS) is 13.5. The van der Waals surface area contributed by atoms with Gasteiger partial charge in [0.1, 0.15) is 30.3 Å². The van der Waals surface area contributed by atoms with Gasteiger partial charge in [-0.1, -0.05) is 104 Å². The standard InChI is InChI=1S/C45H52N4O6/c1-7-46-43(50)41-40(35-20-18-32(19-21-35)28-48-22-24-49(25-23-48)44(51)54-45(4,5)6)42(55-47-41)37-26-36(31(2)3)38(52-29-33-14-10-8-11-15-33)27-39(37)53-30-34-16-12-9-13-17-34/h8-21,26-27,31H,7,22-25,28-30H2,1-6H3,(H,46,50). The van der Waals surface area contributed by atoms with Crippen LogP contribution in [0.1, 0.15) is 80.2 Å². The fourth-order valence-corrected chi connectivity index (χ4v) is 6.51. The molecule has 5 aromatic rings. The molecule has 1 N–H and O–H groups in total. The molecule has 1 aliphatic heterocycles. The number of nitrogens with one attached hydrogen (secondary N) is 1. The average Bonchev–Trinajstić information content (AvgIpc) is 3.62. The maximum absolute atomic E-state index is 13.5. The van der Waals surface area contributed by atoms with Crippen molar-refractivity contribution in [2.24, 2.45) is 0 Å². The topological polar surface area (TPSA) is 106 Å². The van der Waals surface area contributed by atoms with Crippen LogP contribution in [0, 0.1) is 0 Å². The van der Waals surface area contributed by atoms with E-state index >= 15 is 0 Å². The number of ether oxygens (including phenoxy) is 3. The highest BCUT2D eigenvalue weighted by atomic mass is 16.6. The van der Waals surface area contributed by atoms with Crippen molar-refractivity contribution >= 4 is 12.0 Å². The Balaban J connectivity index is 1.32. The molecule has 6 rings (SSSR count). The number of carbonyl (C=O) groups is 2. The molecule has 0 atom stereocenters. The Morgan fingerprint density at radius 1 is 0.800 bits per heavy atom. The Hall–Kier alpha value is -5.61. The highest BCUT2D eigenvalue weighted by Crippen LogP contribution is 2.44. The average molecular weight is 745 g/mol. The molecule has 288 valence electrons. The summed E-state index contributed by atoms with van der Waals surface area (Å²) in [6, 6.07) is 32.2. The Bertz CT molecular complexity index is 2030. The quantitative estimate of drug-likeness (QED) is 0.127. The van der Waals surface area contributed by atoms with Crippen LogP contribution in [0.3, 0.4) is 0 Å². The van der Waals surface area contributed by atoms with E-state index in [0.717, 1.165) is 47.5 Å². The van der Waals surface area contributed by atoms with Crippen molar-refractivity contribution in [1.29, 1.82) is 0 Å². The summed E-state index contributed by atoms with van der Waals surface area (Å²) < 4.78 is 24.7. The van der Waals surface area contributed by atoms with Crippen molar-refractivity contribution in [3.63, 3.8) is 0 Å². The third kappa shape index (κ3) is 10.1. The summed E-state index contributed by atoms with van der Waals surface area (Å²) in [5, 5.41) is 7.26. The molecule has 0 unspecified atom stereocenters. The van der Waals surface area contributed by atoms with E-state index < -0.39 is 5.60 Å². The zero-order valence-corrected chi connectivity index (χ0v) is 32.8. The molecule has 0 spiro atoms. The molecule has 10 nitrogen and oxygen atoms in total. The highest BCUT2D eigenvalue weighted by molar-refractivity contribution is 6.02. The van der Waals surface area contributed by atoms with Crippen molar-refractivity contribution in [3.8, 4) is 33.9 Å². The summed E-state index contributed by atoms with van der Waals surface area (Å²) in [5.74, 6) is 1.49. The predicted octanol–water partition coefficient (Wildman–Crippen LogP) is 9.09. The zero-order chi connectivity index (χ0) is 39.0. The molecule has 10 heteroatoms. The number of piperazine rings is 1. The van der Waals surface area contributed by atoms with Crippen LogP contribution >= 0.6 is 0 Å². The number of carbonyl (C=O) groups excluding carboxylic acids is 2. The first-order valence-corrected chi connectivity index (χ1v) is 19.1. The van der Waals surface area contributed by atoms with Crippen molar-refractivity contribution in [2.45, 2.75) is 72.8 Å². The second-order valence-electron chi connectivity index (χ2n) is 15.1. The fourth-order valence-electron chi connectivity index (χ4n) is 6.51. The lowest BCUT2D eigenvalue weighted by atomic mass is 9.93. The van der Waals surface area contributed by atoms with Gasteiger partial charge >= 0.3 is 6.09 Å². The minimum atomic E-state index is -0.523. The van der Waals surface area contributed by atoms with Crippen LogP contribution < -0.4 is 14.8 Å². The summed E-state index contributed by atoms with van der Waals surface area (Å²) in [6.45, 7) is 16.4. The van der Waals surface area contributed by atoms with Gasteiger partial charge in [0.25, 0.3) is 5.91 Å². The number of amides is 2. The molecule has 0 aliphatic carbocycles. The smallest absolute Gasteiger partial charge is 0.410 e. The minimum absolute atomic E-state index is 0.104. The molecule has 1 aliphatic rings. The van der Waals surface area contributed by atoms with Crippen LogP contribution in [0.4, 0.5) is 4.79 Å². The molecule has 0 saturated carbocycles. The van der Waals surface area contributed by atoms with E-state index in [4.69, 9.17) is 18.7 Å². The summed E-state index contributed by atoms with van der Waals surface area (Å²) >= 11 is 0. The maximum atomic E-state index is 13.5. The Morgan fingerprint density at radius 3 is 1.96 bits per heavy atom. The summed E-state index contributed by atoms with van der Waals surface area (Å²) in [4.78, 5) is 30.2. The largest absolute Gasteiger partial charge is 0.488 e. The van der Waals surface area contributed by atoms with Crippen LogP contribution in [-0.4, -0.2) is 65.3 Å². The van der Waals surface area contributed by atoms with Gasteiger partial charge < -0.3 is 29.0 Å². The fraction of sp³-hybridized carbons (Fsp3) is 0.356. The molecule has 2 amide bonds. The van der Waals surface area contributed by atoms with Gasteiger partial charge in [0.05, 0.1) is 11.1 Å². The number of aromatic nitrogens is 1. The number of benzene rings is 4. The van der Waals surface area contributed by atoms with E-state index in [9.17, 15) is 9.59 Å².